The largest absolute Gasteiger partial charge is 0.352 e. The summed E-state index contributed by atoms with van der Waals surface area (Å²) in [5.41, 5.74) is 3.69. The summed E-state index contributed by atoms with van der Waals surface area (Å²) in [6, 6.07) is 15.5. The molecule has 0 saturated carbocycles. The Hall–Kier alpha value is -3.06. The molecular weight excluding hydrogens is 358 g/mol. The van der Waals surface area contributed by atoms with Crippen LogP contribution >= 0.6 is 12.6 Å². The van der Waals surface area contributed by atoms with Gasteiger partial charge in [-0.2, -0.15) is 4.98 Å². The quantitative estimate of drug-likeness (QED) is 0.483. The fourth-order valence-corrected chi connectivity index (χ4v) is 2.69. The Labute approximate surface area is 163 Å². The van der Waals surface area contributed by atoms with Crippen molar-refractivity contribution < 1.29 is 4.79 Å². The third-order valence-electron chi connectivity index (χ3n) is 3.81. The van der Waals surface area contributed by atoms with E-state index in [0.717, 1.165) is 27.4 Å². The number of thiol groups is 1. The van der Waals surface area contributed by atoms with Crippen molar-refractivity contribution in [1.82, 2.24) is 15.3 Å². The van der Waals surface area contributed by atoms with Crippen molar-refractivity contribution in [3.63, 3.8) is 0 Å². The maximum Gasteiger partial charge on any atom is 0.229 e. The molecule has 1 heterocycles. The van der Waals surface area contributed by atoms with E-state index in [1.54, 1.807) is 6.20 Å². The standard InChI is InChI=1S/C20H21N5OS/c1-13-11-22-20(24-17-7-4-8-18(27)10-17)25-19(13)23-16-6-3-5-15(9-16)12-21-14(2)26/h3-11,27H,12H2,1-2H3,(H,21,26)(H2,22,23,24,25). The van der Waals surface area contributed by atoms with Gasteiger partial charge < -0.3 is 16.0 Å². The normalized spacial score (nSPS) is 10.3. The van der Waals surface area contributed by atoms with E-state index in [4.69, 9.17) is 0 Å². The summed E-state index contributed by atoms with van der Waals surface area (Å²) in [4.78, 5) is 20.9. The number of hydrogen-bond donors (Lipinski definition) is 4. The topological polar surface area (TPSA) is 78.9 Å². The van der Waals surface area contributed by atoms with Gasteiger partial charge in [-0.1, -0.05) is 18.2 Å². The van der Waals surface area contributed by atoms with Gasteiger partial charge in [-0.25, -0.2) is 4.98 Å². The highest BCUT2D eigenvalue weighted by Crippen LogP contribution is 2.22. The highest BCUT2D eigenvalue weighted by atomic mass is 32.1. The van der Waals surface area contributed by atoms with Gasteiger partial charge in [0.05, 0.1) is 0 Å². The summed E-state index contributed by atoms with van der Waals surface area (Å²) in [5.74, 6) is 1.16. The summed E-state index contributed by atoms with van der Waals surface area (Å²) < 4.78 is 0. The molecular formula is C20H21N5OS. The monoisotopic (exact) mass is 379 g/mol. The van der Waals surface area contributed by atoms with Crippen LogP contribution in [0.2, 0.25) is 0 Å². The Morgan fingerprint density at radius 1 is 1.07 bits per heavy atom. The lowest BCUT2D eigenvalue weighted by Crippen LogP contribution is -2.18. The minimum absolute atomic E-state index is 0.0546. The van der Waals surface area contributed by atoms with Crippen molar-refractivity contribution in [3.8, 4) is 0 Å². The zero-order chi connectivity index (χ0) is 19.2. The van der Waals surface area contributed by atoms with Gasteiger partial charge in [0.1, 0.15) is 5.82 Å². The van der Waals surface area contributed by atoms with E-state index >= 15 is 0 Å². The molecule has 7 heteroatoms. The number of hydrogen-bond acceptors (Lipinski definition) is 6. The first-order chi connectivity index (χ1) is 13.0. The molecule has 0 spiro atoms. The molecule has 0 atom stereocenters. The summed E-state index contributed by atoms with van der Waals surface area (Å²) in [5, 5.41) is 9.30. The number of anilines is 4. The van der Waals surface area contributed by atoms with Crippen LogP contribution in [0.15, 0.2) is 59.6 Å². The number of nitrogens with one attached hydrogen (secondary N) is 3. The molecule has 1 aromatic heterocycles. The van der Waals surface area contributed by atoms with Crippen LogP contribution in [0.1, 0.15) is 18.1 Å². The molecule has 3 rings (SSSR count). The predicted octanol–water partition coefficient (Wildman–Crippen LogP) is 4.20. The number of carbonyl (C=O) groups excluding carboxylic acids is 1. The van der Waals surface area contributed by atoms with Gasteiger partial charge >= 0.3 is 0 Å². The van der Waals surface area contributed by atoms with Crippen molar-refractivity contribution >= 4 is 41.7 Å². The summed E-state index contributed by atoms with van der Waals surface area (Å²) in [6.07, 6.45) is 1.77. The first kappa shape index (κ1) is 18.7. The molecule has 138 valence electrons. The van der Waals surface area contributed by atoms with E-state index in [0.29, 0.717) is 18.3 Å². The first-order valence-corrected chi connectivity index (χ1v) is 8.94. The predicted molar refractivity (Wildman–Crippen MR) is 111 cm³/mol. The minimum atomic E-state index is -0.0546. The average molecular weight is 379 g/mol. The molecule has 27 heavy (non-hydrogen) atoms. The second-order valence-electron chi connectivity index (χ2n) is 6.14. The van der Waals surface area contributed by atoms with E-state index in [-0.39, 0.29) is 5.91 Å². The molecule has 0 aliphatic carbocycles. The maximum absolute atomic E-state index is 11.1. The molecule has 3 N–H and O–H groups in total. The van der Waals surface area contributed by atoms with E-state index in [9.17, 15) is 4.79 Å². The first-order valence-electron chi connectivity index (χ1n) is 8.50. The van der Waals surface area contributed by atoms with Crippen LogP contribution in [-0.4, -0.2) is 15.9 Å². The highest BCUT2D eigenvalue weighted by Gasteiger charge is 2.06. The fourth-order valence-electron chi connectivity index (χ4n) is 2.46. The molecule has 0 aliphatic rings. The molecule has 0 saturated heterocycles. The Kier molecular flexibility index (Phi) is 5.93. The van der Waals surface area contributed by atoms with E-state index in [2.05, 4.69) is 38.5 Å². The lowest BCUT2D eigenvalue weighted by atomic mass is 10.2. The maximum atomic E-state index is 11.1. The Balaban J connectivity index is 1.76. The lowest BCUT2D eigenvalue weighted by Gasteiger charge is -2.12. The SMILES string of the molecule is CC(=O)NCc1cccc(Nc2nc(Nc3cccc(S)c3)ncc2C)c1. The molecule has 6 nitrogen and oxygen atoms in total. The van der Waals surface area contributed by atoms with Crippen molar-refractivity contribution in [2.24, 2.45) is 0 Å². The van der Waals surface area contributed by atoms with Crippen LogP contribution in [0.25, 0.3) is 0 Å². The van der Waals surface area contributed by atoms with Crippen LogP contribution in [0.3, 0.4) is 0 Å². The van der Waals surface area contributed by atoms with E-state index < -0.39 is 0 Å². The molecule has 0 fully saturated rings. The van der Waals surface area contributed by atoms with Crippen LogP contribution in [-0.2, 0) is 11.3 Å². The van der Waals surface area contributed by atoms with Crippen LogP contribution < -0.4 is 16.0 Å². The zero-order valence-electron chi connectivity index (χ0n) is 15.2. The van der Waals surface area contributed by atoms with Gasteiger partial charge in [-0.3, -0.25) is 4.79 Å². The zero-order valence-corrected chi connectivity index (χ0v) is 16.0. The van der Waals surface area contributed by atoms with Gasteiger partial charge in [0.2, 0.25) is 11.9 Å². The molecule has 3 aromatic rings. The highest BCUT2D eigenvalue weighted by molar-refractivity contribution is 7.80. The fraction of sp³-hybridized carbons (Fsp3) is 0.150. The van der Waals surface area contributed by atoms with Crippen molar-refractivity contribution in [1.29, 1.82) is 0 Å². The second kappa shape index (κ2) is 8.55. The van der Waals surface area contributed by atoms with Crippen LogP contribution in [0, 0.1) is 6.92 Å². The van der Waals surface area contributed by atoms with Crippen LogP contribution in [0.4, 0.5) is 23.1 Å². The van der Waals surface area contributed by atoms with Crippen molar-refractivity contribution in [2.45, 2.75) is 25.3 Å². The molecule has 2 aromatic carbocycles. The molecule has 0 radical (unpaired) electrons. The summed E-state index contributed by atoms with van der Waals surface area (Å²) in [7, 11) is 0. The third kappa shape index (κ3) is 5.46. The number of rotatable bonds is 6. The molecule has 1 amide bonds. The average Bonchev–Trinajstić information content (AvgIpc) is 2.63. The van der Waals surface area contributed by atoms with Gasteiger partial charge in [0.15, 0.2) is 0 Å². The minimum Gasteiger partial charge on any atom is -0.352 e. The summed E-state index contributed by atoms with van der Waals surface area (Å²) in [6.45, 7) is 3.94. The number of nitrogens with zero attached hydrogens (tertiary/aromatic N) is 2. The second-order valence-corrected chi connectivity index (χ2v) is 6.65. The Bertz CT molecular complexity index is 961. The van der Waals surface area contributed by atoms with E-state index in [1.165, 1.54) is 6.92 Å². The third-order valence-corrected chi connectivity index (χ3v) is 4.08. The van der Waals surface area contributed by atoms with Gasteiger partial charge in [-0.05, 0) is 42.8 Å². The van der Waals surface area contributed by atoms with Crippen LogP contribution in [0.5, 0.6) is 0 Å². The van der Waals surface area contributed by atoms with Gasteiger partial charge in [-0.15, -0.1) is 12.6 Å². The number of aryl methyl sites for hydroxylation is 1. The number of aromatic nitrogens is 2. The number of carbonyl (C=O) groups is 1. The van der Waals surface area contributed by atoms with Gasteiger partial charge in [0.25, 0.3) is 0 Å². The van der Waals surface area contributed by atoms with E-state index in [1.807, 2.05) is 55.5 Å². The van der Waals surface area contributed by atoms with Crippen molar-refractivity contribution in [2.75, 3.05) is 10.6 Å². The smallest absolute Gasteiger partial charge is 0.229 e. The molecule has 0 bridgehead atoms. The van der Waals surface area contributed by atoms with Crippen molar-refractivity contribution in [3.05, 3.63) is 65.9 Å². The lowest BCUT2D eigenvalue weighted by molar-refractivity contribution is -0.119. The Morgan fingerprint density at radius 2 is 1.81 bits per heavy atom. The molecule has 0 unspecified atom stereocenters. The number of amides is 1. The molecule has 0 aliphatic heterocycles. The Morgan fingerprint density at radius 3 is 2.56 bits per heavy atom. The summed E-state index contributed by atoms with van der Waals surface area (Å²) >= 11 is 4.34. The number of benzene rings is 2. The van der Waals surface area contributed by atoms with Gasteiger partial charge in [0, 0.05) is 41.5 Å².